The van der Waals surface area contributed by atoms with Crippen molar-refractivity contribution in [3.63, 3.8) is 0 Å². The van der Waals surface area contributed by atoms with E-state index >= 15 is 0 Å². The Kier molecular flexibility index (Phi) is 6.75. The van der Waals surface area contributed by atoms with Crippen LogP contribution in [-0.4, -0.2) is 13.7 Å². The normalized spacial score (nSPS) is 10.4. The second-order valence-corrected chi connectivity index (χ2v) is 4.77. The van der Waals surface area contributed by atoms with Crippen molar-refractivity contribution in [1.29, 1.82) is 0 Å². The summed E-state index contributed by atoms with van der Waals surface area (Å²) in [4.78, 5) is 0. The number of halogens is 2. The van der Waals surface area contributed by atoms with E-state index in [2.05, 4.69) is 22.9 Å². The first kappa shape index (κ1) is 14.7. The van der Waals surface area contributed by atoms with E-state index in [1.807, 2.05) is 12.1 Å². The number of ether oxygens (including phenoxy) is 2. The molecule has 2 nitrogen and oxygen atoms in total. The van der Waals surface area contributed by atoms with E-state index in [1.165, 1.54) is 12.8 Å². The van der Waals surface area contributed by atoms with Crippen LogP contribution in [0.4, 0.5) is 0 Å². The van der Waals surface area contributed by atoms with Gasteiger partial charge in [0, 0.05) is 5.33 Å². The largest absolute Gasteiger partial charge is 0.493 e. The van der Waals surface area contributed by atoms with Crippen LogP contribution in [0.25, 0.3) is 0 Å². The Balaban J connectivity index is 2.75. The molecule has 0 atom stereocenters. The summed E-state index contributed by atoms with van der Waals surface area (Å²) in [5.41, 5.74) is 1.08. The molecule has 0 fully saturated rings. The number of rotatable bonds is 7. The molecule has 0 saturated heterocycles. The van der Waals surface area contributed by atoms with E-state index in [0.29, 0.717) is 23.1 Å². The summed E-state index contributed by atoms with van der Waals surface area (Å²) in [7, 11) is 1.63. The Bertz CT molecular complexity index is 356. The van der Waals surface area contributed by atoms with Crippen LogP contribution in [0.2, 0.25) is 5.02 Å². The monoisotopic (exact) mass is 320 g/mol. The molecule has 1 aromatic carbocycles. The van der Waals surface area contributed by atoms with E-state index in [1.54, 1.807) is 7.11 Å². The Morgan fingerprint density at radius 2 is 2.06 bits per heavy atom. The quantitative estimate of drug-likeness (QED) is 0.530. The average molecular weight is 322 g/mol. The van der Waals surface area contributed by atoms with Gasteiger partial charge in [0.1, 0.15) is 0 Å². The van der Waals surface area contributed by atoms with Gasteiger partial charge in [0.15, 0.2) is 11.5 Å². The second-order valence-electron chi connectivity index (χ2n) is 3.80. The van der Waals surface area contributed by atoms with Crippen LogP contribution in [0.5, 0.6) is 11.5 Å². The zero-order valence-corrected chi connectivity index (χ0v) is 12.6. The lowest BCUT2D eigenvalue weighted by Crippen LogP contribution is -2.00. The molecule has 0 radical (unpaired) electrons. The predicted molar refractivity (Wildman–Crippen MR) is 75.7 cm³/mol. The molecule has 0 aliphatic heterocycles. The van der Waals surface area contributed by atoms with E-state index in [4.69, 9.17) is 21.1 Å². The number of methoxy groups -OCH3 is 1. The van der Waals surface area contributed by atoms with Crippen molar-refractivity contribution >= 4 is 27.5 Å². The zero-order valence-electron chi connectivity index (χ0n) is 10.3. The van der Waals surface area contributed by atoms with E-state index < -0.39 is 0 Å². The highest BCUT2D eigenvalue weighted by molar-refractivity contribution is 9.08. The molecule has 4 heteroatoms. The minimum absolute atomic E-state index is 0.607. The molecular formula is C13H18BrClO2. The molecule has 0 aromatic heterocycles. The van der Waals surface area contributed by atoms with Gasteiger partial charge in [-0.2, -0.15) is 0 Å². The fourth-order valence-corrected chi connectivity index (χ4v) is 2.13. The minimum Gasteiger partial charge on any atom is -0.493 e. The molecule has 1 aromatic rings. The van der Waals surface area contributed by atoms with Crippen LogP contribution >= 0.6 is 27.5 Å². The molecular weight excluding hydrogens is 303 g/mol. The van der Waals surface area contributed by atoms with Crippen LogP contribution in [0.15, 0.2) is 12.1 Å². The van der Waals surface area contributed by atoms with Crippen molar-refractivity contribution in [1.82, 2.24) is 0 Å². The third-order valence-electron chi connectivity index (χ3n) is 2.44. The summed E-state index contributed by atoms with van der Waals surface area (Å²) in [5.74, 6) is 1.35. The third kappa shape index (κ3) is 4.40. The summed E-state index contributed by atoms with van der Waals surface area (Å²) in [6.07, 6.45) is 3.38. The zero-order chi connectivity index (χ0) is 12.7. The molecule has 0 amide bonds. The van der Waals surface area contributed by atoms with E-state index in [0.717, 1.165) is 17.3 Å². The average Bonchev–Trinajstić information content (AvgIpc) is 2.35. The Hall–Kier alpha value is -0.410. The van der Waals surface area contributed by atoms with Gasteiger partial charge in [-0.15, -0.1) is 0 Å². The summed E-state index contributed by atoms with van der Waals surface area (Å²) >= 11 is 9.58. The first-order valence-electron chi connectivity index (χ1n) is 5.78. The molecule has 0 spiro atoms. The molecule has 0 saturated carbocycles. The molecule has 1 rings (SSSR count). The van der Waals surface area contributed by atoms with Crippen molar-refractivity contribution in [2.24, 2.45) is 0 Å². The summed E-state index contributed by atoms with van der Waals surface area (Å²) in [6.45, 7) is 2.84. The van der Waals surface area contributed by atoms with Gasteiger partial charge in [0.25, 0.3) is 0 Å². The van der Waals surface area contributed by atoms with Gasteiger partial charge >= 0.3 is 0 Å². The number of hydrogen-bond donors (Lipinski definition) is 0. The van der Waals surface area contributed by atoms with E-state index in [9.17, 15) is 0 Å². The van der Waals surface area contributed by atoms with Gasteiger partial charge in [-0.05, 0) is 24.1 Å². The molecule has 0 unspecified atom stereocenters. The molecule has 0 aliphatic carbocycles. The van der Waals surface area contributed by atoms with E-state index in [-0.39, 0.29) is 0 Å². The molecule has 0 bridgehead atoms. The van der Waals surface area contributed by atoms with Gasteiger partial charge in [0.2, 0.25) is 0 Å². The minimum atomic E-state index is 0.607. The maximum absolute atomic E-state index is 6.18. The van der Waals surface area contributed by atoms with Gasteiger partial charge < -0.3 is 9.47 Å². The van der Waals surface area contributed by atoms with Crippen LogP contribution < -0.4 is 9.47 Å². The first-order valence-corrected chi connectivity index (χ1v) is 7.28. The topological polar surface area (TPSA) is 18.5 Å². The molecule has 0 N–H and O–H groups in total. The Morgan fingerprint density at radius 3 is 2.65 bits per heavy atom. The van der Waals surface area contributed by atoms with Crippen LogP contribution in [0.3, 0.4) is 0 Å². The smallest absolute Gasteiger partial charge is 0.179 e. The highest BCUT2D eigenvalue weighted by atomic mass is 79.9. The van der Waals surface area contributed by atoms with Crippen molar-refractivity contribution in [2.75, 3.05) is 13.7 Å². The molecule has 0 aliphatic rings. The Labute approximate surface area is 116 Å². The standard InChI is InChI=1S/C13H18BrClO2/c1-3-4-5-6-17-13-11(15)7-10(9-14)8-12(13)16-2/h7-8H,3-6,9H2,1-2H3. The lowest BCUT2D eigenvalue weighted by atomic mass is 10.2. The molecule has 96 valence electrons. The fraction of sp³-hybridized carbons (Fsp3) is 0.538. The molecule has 17 heavy (non-hydrogen) atoms. The SMILES string of the molecule is CCCCCOc1c(Cl)cc(CBr)cc1OC. The predicted octanol–water partition coefficient (Wildman–Crippen LogP) is 4.81. The maximum Gasteiger partial charge on any atom is 0.179 e. The first-order chi connectivity index (χ1) is 8.22. The van der Waals surface area contributed by atoms with Gasteiger partial charge in [-0.1, -0.05) is 47.3 Å². The number of alkyl halides is 1. The number of benzene rings is 1. The van der Waals surface area contributed by atoms with Gasteiger partial charge in [-0.3, -0.25) is 0 Å². The highest BCUT2D eigenvalue weighted by Gasteiger charge is 2.11. The van der Waals surface area contributed by atoms with Crippen molar-refractivity contribution < 1.29 is 9.47 Å². The summed E-state index contributed by atoms with van der Waals surface area (Å²) < 4.78 is 11.0. The van der Waals surface area contributed by atoms with Gasteiger partial charge in [-0.25, -0.2) is 0 Å². The molecule has 0 heterocycles. The maximum atomic E-state index is 6.18. The fourth-order valence-electron chi connectivity index (χ4n) is 1.52. The van der Waals surface area contributed by atoms with Gasteiger partial charge in [0.05, 0.1) is 18.7 Å². The van der Waals surface area contributed by atoms with Crippen LogP contribution in [0, 0.1) is 0 Å². The second kappa shape index (κ2) is 7.83. The summed E-state index contributed by atoms with van der Waals surface area (Å²) in [5, 5.41) is 1.36. The van der Waals surface area contributed by atoms with Crippen molar-refractivity contribution in [2.45, 2.75) is 31.5 Å². The van der Waals surface area contributed by atoms with Crippen LogP contribution in [-0.2, 0) is 5.33 Å². The lowest BCUT2D eigenvalue weighted by molar-refractivity contribution is 0.286. The number of hydrogen-bond acceptors (Lipinski definition) is 2. The highest BCUT2D eigenvalue weighted by Crippen LogP contribution is 2.37. The third-order valence-corrected chi connectivity index (χ3v) is 3.37. The number of unbranched alkanes of at least 4 members (excludes halogenated alkanes) is 2. The van der Waals surface area contributed by atoms with Crippen molar-refractivity contribution in [3.8, 4) is 11.5 Å². The Morgan fingerprint density at radius 1 is 1.29 bits per heavy atom. The lowest BCUT2D eigenvalue weighted by Gasteiger charge is -2.13. The summed E-state index contributed by atoms with van der Waals surface area (Å²) in [6, 6.07) is 3.84. The van der Waals surface area contributed by atoms with Crippen molar-refractivity contribution in [3.05, 3.63) is 22.7 Å². The van der Waals surface area contributed by atoms with Crippen LogP contribution in [0.1, 0.15) is 31.7 Å².